The molecule has 5 heteroatoms. The zero-order valence-electron chi connectivity index (χ0n) is 10.4. The van der Waals surface area contributed by atoms with Crippen molar-refractivity contribution in [1.82, 2.24) is 9.13 Å². The van der Waals surface area contributed by atoms with Crippen molar-refractivity contribution in [2.45, 2.75) is 13.1 Å². The molecule has 0 radical (unpaired) electrons. The predicted molar refractivity (Wildman–Crippen MR) is 69.5 cm³/mol. The Labute approximate surface area is 105 Å². The molecule has 0 aliphatic rings. The number of hydrogen-bond acceptors (Lipinski definition) is 3. The molecular formula is C13H17N3O2. The molecule has 2 rings (SSSR count). The molecule has 0 bridgehead atoms. The summed E-state index contributed by atoms with van der Waals surface area (Å²) in [7, 11) is 1.73. The topological polar surface area (TPSA) is 62.2 Å². The van der Waals surface area contributed by atoms with Gasteiger partial charge in [0.1, 0.15) is 12.4 Å². The summed E-state index contributed by atoms with van der Waals surface area (Å²) in [6.45, 7) is 1.42. The highest BCUT2D eigenvalue weighted by molar-refractivity contribution is 5.32. The third kappa shape index (κ3) is 2.62. The fourth-order valence-electron chi connectivity index (χ4n) is 1.75. The Morgan fingerprint density at radius 3 is 2.72 bits per heavy atom. The fourth-order valence-corrected chi connectivity index (χ4v) is 1.75. The third-order valence-corrected chi connectivity index (χ3v) is 2.80. The molecule has 0 unspecified atom stereocenters. The van der Waals surface area contributed by atoms with Crippen LogP contribution in [0.5, 0.6) is 5.75 Å². The first kappa shape index (κ1) is 12.4. The van der Waals surface area contributed by atoms with Gasteiger partial charge in [0.2, 0.25) is 0 Å². The summed E-state index contributed by atoms with van der Waals surface area (Å²) in [5.41, 5.74) is 6.56. The van der Waals surface area contributed by atoms with Crippen LogP contribution in [-0.2, 0) is 20.1 Å². The standard InChI is InChI=1S/C13H17N3O2/c1-15-6-7-16(13(15)17)8-9-18-12-5-3-2-4-11(12)10-14/h2-7H,8-10,14H2,1H3. The van der Waals surface area contributed by atoms with E-state index >= 15 is 0 Å². The van der Waals surface area contributed by atoms with Gasteiger partial charge < -0.3 is 15.0 Å². The molecular weight excluding hydrogens is 230 g/mol. The van der Waals surface area contributed by atoms with Gasteiger partial charge in [-0.1, -0.05) is 18.2 Å². The molecule has 0 aliphatic heterocycles. The number of aromatic nitrogens is 2. The highest BCUT2D eigenvalue weighted by Crippen LogP contribution is 2.16. The van der Waals surface area contributed by atoms with E-state index in [1.54, 1.807) is 24.0 Å². The summed E-state index contributed by atoms with van der Waals surface area (Å²) in [5.74, 6) is 0.781. The second-order valence-corrected chi connectivity index (χ2v) is 4.05. The number of imidazole rings is 1. The van der Waals surface area contributed by atoms with Crippen molar-refractivity contribution < 1.29 is 4.74 Å². The number of benzene rings is 1. The highest BCUT2D eigenvalue weighted by Gasteiger charge is 2.02. The molecule has 5 nitrogen and oxygen atoms in total. The monoisotopic (exact) mass is 247 g/mol. The van der Waals surface area contributed by atoms with Gasteiger partial charge in [0.05, 0.1) is 6.54 Å². The number of nitrogens with zero attached hydrogens (tertiary/aromatic N) is 2. The maximum Gasteiger partial charge on any atom is 0.327 e. The van der Waals surface area contributed by atoms with Crippen LogP contribution in [0.15, 0.2) is 41.5 Å². The van der Waals surface area contributed by atoms with E-state index in [2.05, 4.69) is 0 Å². The SMILES string of the molecule is Cn1ccn(CCOc2ccccc2CN)c1=O. The maximum atomic E-state index is 11.6. The summed E-state index contributed by atoms with van der Waals surface area (Å²) < 4.78 is 8.80. The van der Waals surface area contributed by atoms with Gasteiger partial charge in [-0.25, -0.2) is 4.79 Å². The van der Waals surface area contributed by atoms with E-state index in [9.17, 15) is 4.79 Å². The minimum atomic E-state index is -0.0364. The number of rotatable bonds is 5. The van der Waals surface area contributed by atoms with Crippen molar-refractivity contribution >= 4 is 0 Å². The van der Waals surface area contributed by atoms with Crippen molar-refractivity contribution in [1.29, 1.82) is 0 Å². The summed E-state index contributed by atoms with van der Waals surface area (Å²) in [4.78, 5) is 11.6. The van der Waals surface area contributed by atoms with Crippen molar-refractivity contribution in [2.75, 3.05) is 6.61 Å². The Balaban J connectivity index is 1.96. The first-order valence-corrected chi connectivity index (χ1v) is 5.85. The normalized spacial score (nSPS) is 10.6. The Morgan fingerprint density at radius 2 is 2.06 bits per heavy atom. The lowest BCUT2D eigenvalue weighted by Crippen LogP contribution is -2.24. The van der Waals surface area contributed by atoms with Crippen LogP contribution in [0.25, 0.3) is 0 Å². The largest absolute Gasteiger partial charge is 0.491 e. The zero-order chi connectivity index (χ0) is 13.0. The number of nitrogens with two attached hydrogens (primary N) is 1. The fraction of sp³-hybridized carbons (Fsp3) is 0.308. The van der Waals surface area contributed by atoms with Crippen molar-refractivity contribution in [3.05, 3.63) is 52.7 Å². The molecule has 1 aromatic carbocycles. The lowest BCUT2D eigenvalue weighted by molar-refractivity contribution is 0.293. The number of hydrogen-bond donors (Lipinski definition) is 1. The van der Waals surface area contributed by atoms with Crippen LogP contribution in [0, 0.1) is 0 Å². The Morgan fingerprint density at radius 1 is 1.28 bits per heavy atom. The number of ether oxygens (including phenoxy) is 1. The van der Waals surface area contributed by atoms with Gasteiger partial charge in [0, 0.05) is 31.5 Å². The molecule has 0 aliphatic carbocycles. The Kier molecular flexibility index (Phi) is 3.84. The van der Waals surface area contributed by atoms with Gasteiger partial charge in [-0.05, 0) is 6.07 Å². The molecule has 0 fully saturated rings. The van der Waals surface area contributed by atoms with Crippen molar-refractivity contribution in [3.8, 4) is 5.75 Å². The first-order valence-electron chi connectivity index (χ1n) is 5.85. The molecule has 0 spiro atoms. The molecule has 2 N–H and O–H groups in total. The summed E-state index contributed by atoms with van der Waals surface area (Å²) >= 11 is 0. The van der Waals surface area contributed by atoms with Crippen LogP contribution >= 0.6 is 0 Å². The third-order valence-electron chi connectivity index (χ3n) is 2.80. The lowest BCUT2D eigenvalue weighted by atomic mass is 10.2. The van der Waals surface area contributed by atoms with E-state index in [4.69, 9.17) is 10.5 Å². The lowest BCUT2D eigenvalue weighted by Gasteiger charge is -2.10. The smallest absolute Gasteiger partial charge is 0.327 e. The van der Waals surface area contributed by atoms with E-state index in [1.807, 2.05) is 24.3 Å². The van der Waals surface area contributed by atoms with Crippen molar-refractivity contribution in [3.63, 3.8) is 0 Å². The average molecular weight is 247 g/mol. The summed E-state index contributed by atoms with van der Waals surface area (Å²) in [6, 6.07) is 7.65. The van der Waals surface area contributed by atoms with E-state index in [0.29, 0.717) is 19.7 Å². The van der Waals surface area contributed by atoms with Crippen LogP contribution in [0.4, 0.5) is 0 Å². The predicted octanol–water partition coefficient (Wildman–Crippen LogP) is 0.724. The number of para-hydroxylation sites is 1. The molecule has 18 heavy (non-hydrogen) atoms. The molecule has 0 amide bonds. The minimum absolute atomic E-state index is 0.0364. The van der Waals surface area contributed by atoms with Crippen LogP contribution in [0.2, 0.25) is 0 Å². The summed E-state index contributed by atoms with van der Waals surface area (Å²) in [5, 5.41) is 0. The summed E-state index contributed by atoms with van der Waals surface area (Å²) in [6.07, 6.45) is 3.48. The average Bonchev–Trinajstić information content (AvgIpc) is 2.71. The molecule has 0 atom stereocenters. The van der Waals surface area contributed by atoms with Gasteiger partial charge in [-0.2, -0.15) is 0 Å². The zero-order valence-corrected chi connectivity index (χ0v) is 10.4. The molecule has 96 valence electrons. The van der Waals surface area contributed by atoms with Gasteiger partial charge in [0.25, 0.3) is 0 Å². The highest BCUT2D eigenvalue weighted by atomic mass is 16.5. The second-order valence-electron chi connectivity index (χ2n) is 4.05. The van der Waals surface area contributed by atoms with E-state index in [-0.39, 0.29) is 5.69 Å². The first-order chi connectivity index (χ1) is 8.72. The quantitative estimate of drug-likeness (QED) is 0.847. The molecule has 1 heterocycles. The Hall–Kier alpha value is -2.01. The minimum Gasteiger partial charge on any atom is -0.491 e. The second kappa shape index (κ2) is 5.55. The molecule has 1 aromatic heterocycles. The number of aryl methyl sites for hydroxylation is 1. The van der Waals surface area contributed by atoms with Gasteiger partial charge in [-0.15, -0.1) is 0 Å². The Bertz CT molecular complexity index is 572. The maximum absolute atomic E-state index is 11.6. The van der Waals surface area contributed by atoms with Crippen LogP contribution in [-0.4, -0.2) is 15.7 Å². The van der Waals surface area contributed by atoms with Gasteiger partial charge >= 0.3 is 5.69 Å². The van der Waals surface area contributed by atoms with Gasteiger partial charge in [0.15, 0.2) is 0 Å². The van der Waals surface area contributed by atoms with Gasteiger partial charge in [-0.3, -0.25) is 4.57 Å². The molecule has 0 saturated heterocycles. The van der Waals surface area contributed by atoms with Crippen LogP contribution in [0.1, 0.15) is 5.56 Å². The van der Waals surface area contributed by atoms with E-state index in [0.717, 1.165) is 11.3 Å². The van der Waals surface area contributed by atoms with Crippen LogP contribution in [0.3, 0.4) is 0 Å². The molecule has 2 aromatic rings. The van der Waals surface area contributed by atoms with E-state index < -0.39 is 0 Å². The van der Waals surface area contributed by atoms with Crippen LogP contribution < -0.4 is 16.2 Å². The van der Waals surface area contributed by atoms with E-state index in [1.165, 1.54) is 4.57 Å². The molecule has 0 saturated carbocycles. The van der Waals surface area contributed by atoms with Crippen molar-refractivity contribution in [2.24, 2.45) is 12.8 Å².